The predicted octanol–water partition coefficient (Wildman–Crippen LogP) is 2.81. The van der Waals surface area contributed by atoms with Crippen LogP contribution in [0.5, 0.6) is 11.5 Å². The smallest absolute Gasteiger partial charge is 0.374 e. The number of hydrogen-bond acceptors (Lipinski definition) is 7. The molecule has 0 radical (unpaired) electrons. The summed E-state index contributed by atoms with van der Waals surface area (Å²) in [5.74, 6) is 1.35. The Balaban J connectivity index is 1.64. The average molecular weight is 396 g/mol. The fraction of sp³-hybridized carbons (Fsp3) is 0.286. The van der Waals surface area contributed by atoms with Gasteiger partial charge in [-0.25, -0.2) is 9.48 Å². The summed E-state index contributed by atoms with van der Waals surface area (Å²) in [6.07, 6.45) is 0.823. The molecule has 0 fully saturated rings. The first kappa shape index (κ1) is 18.8. The van der Waals surface area contributed by atoms with E-state index in [1.807, 2.05) is 18.2 Å². The van der Waals surface area contributed by atoms with Crippen molar-refractivity contribution in [2.24, 2.45) is 0 Å². The van der Waals surface area contributed by atoms with Crippen LogP contribution in [0.3, 0.4) is 0 Å². The molecule has 3 heterocycles. The molecule has 0 spiro atoms. The Morgan fingerprint density at radius 2 is 1.93 bits per heavy atom. The average Bonchev–Trinajstić information content (AvgIpc) is 2.94. The van der Waals surface area contributed by atoms with Crippen molar-refractivity contribution in [3.8, 4) is 22.8 Å². The van der Waals surface area contributed by atoms with E-state index >= 15 is 0 Å². The van der Waals surface area contributed by atoms with Crippen molar-refractivity contribution >= 4 is 5.97 Å². The number of esters is 1. The highest BCUT2D eigenvalue weighted by Crippen LogP contribution is 2.33. The van der Waals surface area contributed by atoms with Crippen molar-refractivity contribution in [1.29, 1.82) is 0 Å². The van der Waals surface area contributed by atoms with Crippen molar-refractivity contribution < 1.29 is 23.4 Å². The quantitative estimate of drug-likeness (QED) is 0.626. The standard InChI is InChI=1S/C21H20N2O6/c1-13-10-15(29-20(13)21(25)26-2)12-23-19(24)7-5-16(22-23)14-4-6-17-18(11-14)28-9-3-8-27-17/h4-7,10-11H,3,8-9,12H2,1-2H3. The highest BCUT2D eigenvalue weighted by atomic mass is 16.5. The van der Waals surface area contributed by atoms with Gasteiger partial charge in [0.25, 0.3) is 5.56 Å². The van der Waals surface area contributed by atoms with Gasteiger partial charge in [-0.1, -0.05) is 0 Å². The van der Waals surface area contributed by atoms with Gasteiger partial charge >= 0.3 is 5.97 Å². The van der Waals surface area contributed by atoms with Crippen molar-refractivity contribution in [2.45, 2.75) is 19.9 Å². The second kappa shape index (κ2) is 7.83. The molecule has 0 saturated carbocycles. The lowest BCUT2D eigenvalue weighted by atomic mass is 10.1. The Morgan fingerprint density at radius 3 is 2.72 bits per heavy atom. The molecule has 8 heteroatoms. The highest BCUT2D eigenvalue weighted by Gasteiger charge is 2.17. The number of carbonyl (C=O) groups is 1. The summed E-state index contributed by atoms with van der Waals surface area (Å²) >= 11 is 0. The molecule has 0 N–H and O–H groups in total. The van der Waals surface area contributed by atoms with Gasteiger partial charge in [0, 0.05) is 23.6 Å². The molecule has 0 bridgehead atoms. The van der Waals surface area contributed by atoms with E-state index in [0.717, 1.165) is 12.0 Å². The van der Waals surface area contributed by atoms with Crippen molar-refractivity contribution in [3.05, 3.63) is 63.8 Å². The number of fused-ring (bicyclic) bond motifs is 1. The number of hydrogen-bond donors (Lipinski definition) is 0. The molecule has 4 rings (SSSR count). The van der Waals surface area contributed by atoms with Gasteiger partial charge in [-0.2, -0.15) is 5.10 Å². The normalized spacial score (nSPS) is 13.0. The molecule has 0 saturated heterocycles. The van der Waals surface area contributed by atoms with Crippen LogP contribution >= 0.6 is 0 Å². The summed E-state index contributed by atoms with van der Waals surface area (Å²) in [6.45, 7) is 3.04. The molecule has 1 aromatic carbocycles. The fourth-order valence-electron chi connectivity index (χ4n) is 3.11. The topological polar surface area (TPSA) is 92.8 Å². The zero-order valence-corrected chi connectivity index (χ0v) is 16.1. The molecule has 1 aliphatic heterocycles. The lowest BCUT2D eigenvalue weighted by Crippen LogP contribution is -2.22. The Kier molecular flexibility index (Phi) is 5.07. The number of rotatable bonds is 4. The molecular weight excluding hydrogens is 376 g/mol. The number of furan rings is 1. The van der Waals surface area contributed by atoms with Crippen LogP contribution in [-0.2, 0) is 11.3 Å². The van der Waals surface area contributed by atoms with E-state index in [4.69, 9.17) is 18.6 Å². The first-order valence-electron chi connectivity index (χ1n) is 9.21. The Bertz CT molecular complexity index is 1110. The van der Waals surface area contributed by atoms with Crippen LogP contribution in [0.4, 0.5) is 0 Å². The summed E-state index contributed by atoms with van der Waals surface area (Å²) in [5.41, 5.74) is 1.77. The van der Waals surface area contributed by atoms with Crippen molar-refractivity contribution in [1.82, 2.24) is 9.78 Å². The van der Waals surface area contributed by atoms with Gasteiger partial charge in [-0.05, 0) is 37.3 Å². The van der Waals surface area contributed by atoms with E-state index in [1.165, 1.54) is 17.9 Å². The van der Waals surface area contributed by atoms with E-state index in [-0.39, 0.29) is 17.9 Å². The van der Waals surface area contributed by atoms with Crippen LogP contribution in [-0.4, -0.2) is 36.1 Å². The predicted molar refractivity (Wildman–Crippen MR) is 103 cm³/mol. The summed E-state index contributed by atoms with van der Waals surface area (Å²) in [7, 11) is 1.29. The third-order valence-corrected chi connectivity index (χ3v) is 4.56. The molecule has 29 heavy (non-hydrogen) atoms. The van der Waals surface area contributed by atoms with Crippen LogP contribution in [0.25, 0.3) is 11.3 Å². The minimum atomic E-state index is -0.560. The summed E-state index contributed by atoms with van der Waals surface area (Å²) in [5, 5.41) is 4.45. The Hall–Kier alpha value is -3.55. The van der Waals surface area contributed by atoms with Gasteiger partial charge in [0.05, 0.1) is 26.0 Å². The maximum absolute atomic E-state index is 12.3. The molecule has 3 aromatic rings. The van der Waals surface area contributed by atoms with E-state index < -0.39 is 5.97 Å². The van der Waals surface area contributed by atoms with Crippen LogP contribution in [0.1, 0.15) is 28.3 Å². The van der Waals surface area contributed by atoms with E-state index in [1.54, 1.807) is 19.1 Å². The SMILES string of the molecule is COC(=O)c1oc(Cn2nc(-c3ccc4c(c3)OCCCO4)ccc2=O)cc1C. The molecule has 0 amide bonds. The monoisotopic (exact) mass is 396 g/mol. The molecule has 0 unspecified atom stereocenters. The fourth-order valence-corrected chi connectivity index (χ4v) is 3.11. The van der Waals surface area contributed by atoms with E-state index in [2.05, 4.69) is 5.10 Å². The van der Waals surface area contributed by atoms with Crippen LogP contribution in [0.2, 0.25) is 0 Å². The second-order valence-corrected chi connectivity index (χ2v) is 6.64. The van der Waals surface area contributed by atoms with Crippen LogP contribution in [0, 0.1) is 6.92 Å². The highest BCUT2D eigenvalue weighted by molar-refractivity contribution is 5.87. The number of nitrogens with zero attached hydrogens (tertiary/aromatic N) is 2. The zero-order valence-electron chi connectivity index (χ0n) is 16.1. The summed E-state index contributed by atoms with van der Waals surface area (Å²) in [6, 6.07) is 10.4. The zero-order chi connectivity index (χ0) is 20.4. The van der Waals surface area contributed by atoms with E-state index in [0.29, 0.717) is 41.7 Å². The summed E-state index contributed by atoms with van der Waals surface area (Å²) < 4.78 is 22.9. The largest absolute Gasteiger partial charge is 0.490 e. The third-order valence-electron chi connectivity index (χ3n) is 4.56. The van der Waals surface area contributed by atoms with Gasteiger partial charge in [0.1, 0.15) is 12.3 Å². The lowest BCUT2D eigenvalue weighted by molar-refractivity contribution is 0.0561. The first-order valence-corrected chi connectivity index (χ1v) is 9.21. The van der Waals surface area contributed by atoms with Gasteiger partial charge in [-0.3, -0.25) is 4.79 Å². The second-order valence-electron chi connectivity index (χ2n) is 6.64. The maximum Gasteiger partial charge on any atom is 0.374 e. The molecule has 8 nitrogen and oxygen atoms in total. The molecule has 2 aromatic heterocycles. The molecule has 0 aliphatic carbocycles. The van der Waals surface area contributed by atoms with Gasteiger partial charge < -0.3 is 18.6 Å². The minimum Gasteiger partial charge on any atom is -0.490 e. The molecule has 0 atom stereocenters. The molecule has 1 aliphatic rings. The van der Waals surface area contributed by atoms with Crippen molar-refractivity contribution in [2.75, 3.05) is 20.3 Å². The number of aryl methyl sites for hydroxylation is 1. The van der Waals surface area contributed by atoms with E-state index in [9.17, 15) is 9.59 Å². The van der Waals surface area contributed by atoms with Gasteiger partial charge in [-0.15, -0.1) is 0 Å². The molecular formula is C21H20N2O6. The number of aromatic nitrogens is 2. The van der Waals surface area contributed by atoms with Crippen LogP contribution in [0.15, 0.2) is 45.6 Å². The number of methoxy groups -OCH3 is 1. The van der Waals surface area contributed by atoms with Gasteiger partial charge in [0.15, 0.2) is 11.5 Å². The van der Waals surface area contributed by atoms with Gasteiger partial charge in [0.2, 0.25) is 5.76 Å². The Morgan fingerprint density at radius 1 is 1.14 bits per heavy atom. The Labute approximate surface area is 166 Å². The minimum absolute atomic E-state index is 0.0923. The summed E-state index contributed by atoms with van der Waals surface area (Å²) in [4.78, 5) is 24.0. The lowest BCUT2D eigenvalue weighted by Gasteiger charge is -2.10. The van der Waals surface area contributed by atoms with Crippen molar-refractivity contribution in [3.63, 3.8) is 0 Å². The third kappa shape index (κ3) is 3.87. The molecule has 150 valence electrons. The number of carbonyl (C=O) groups excluding carboxylic acids is 1. The maximum atomic E-state index is 12.3. The number of benzene rings is 1. The number of ether oxygens (including phenoxy) is 3. The van der Waals surface area contributed by atoms with Crippen LogP contribution < -0.4 is 15.0 Å². The first-order chi connectivity index (χ1) is 14.0.